The topological polar surface area (TPSA) is 62.8 Å². The molecule has 0 radical (unpaired) electrons. The van der Waals surface area contributed by atoms with Gasteiger partial charge in [0.1, 0.15) is 0 Å². The van der Waals surface area contributed by atoms with Gasteiger partial charge in [0.2, 0.25) is 0 Å². The van der Waals surface area contributed by atoms with Gasteiger partial charge in [0.25, 0.3) is 0 Å². The van der Waals surface area contributed by atoms with Crippen LogP contribution in [0.5, 0.6) is 0 Å². The number of morpholine rings is 1. The van der Waals surface area contributed by atoms with Gasteiger partial charge >= 0.3 is 0 Å². The summed E-state index contributed by atoms with van der Waals surface area (Å²) in [4.78, 5) is 0. The molecule has 2 unspecified atom stereocenters. The van der Waals surface area contributed by atoms with E-state index in [4.69, 9.17) is 4.74 Å². The lowest BCUT2D eigenvalue weighted by Gasteiger charge is -2.29. The maximum absolute atomic E-state index is 5.44. The lowest BCUT2D eigenvalue weighted by molar-refractivity contribution is 0.0668. The fourth-order valence-electron chi connectivity index (χ4n) is 1.93. The number of hydrogen-bond donors (Lipinski definition) is 2. The highest BCUT2D eigenvalue weighted by Gasteiger charge is 2.25. The lowest BCUT2D eigenvalue weighted by Crippen LogP contribution is -2.45. The van der Waals surface area contributed by atoms with Crippen molar-refractivity contribution < 1.29 is 4.74 Å². The smallest absolute Gasteiger partial charge is 0.0871 e. The van der Waals surface area contributed by atoms with Gasteiger partial charge in [-0.2, -0.15) is 15.4 Å². The van der Waals surface area contributed by atoms with E-state index >= 15 is 0 Å². The highest BCUT2D eigenvalue weighted by Crippen LogP contribution is 2.21. The van der Waals surface area contributed by atoms with Gasteiger partial charge in [-0.25, -0.2) is 0 Å². The van der Waals surface area contributed by atoms with Crippen molar-refractivity contribution in [3.05, 3.63) is 11.9 Å². The van der Waals surface area contributed by atoms with Crippen LogP contribution in [0.1, 0.15) is 25.0 Å². The minimum Gasteiger partial charge on any atom is -0.378 e. The van der Waals surface area contributed by atoms with E-state index < -0.39 is 0 Å². The summed E-state index contributed by atoms with van der Waals surface area (Å²) in [6.45, 7) is 4.67. The van der Waals surface area contributed by atoms with E-state index in [0.29, 0.717) is 12.0 Å². The van der Waals surface area contributed by atoms with Crippen LogP contribution in [-0.2, 0) is 4.74 Å². The van der Waals surface area contributed by atoms with Gasteiger partial charge in [0.15, 0.2) is 0 Å². The number of H-pyrrole nitrogens is 1. The molecule has 0 amide bonds. The Bertz CT molecular complexity index is 256. The third-order valence-electron chi connectivity index (χ3n) is 2.69. The van der Waals surface area contributed by atoms with Gasteiger partial charge in [-0.3, -0.25) is 0 Å². The molecule has 1 aromatic rings. The number of nitrogens with one attached hydrogen (secondary N) is 2. The molecule has 1 aromatic heterocycles. The third-order valence-corrected chi connectivity index (χ3v) is 2.69. The molecule has 0 aromatic carbocycles. The molecule has 2 heterocycles. The van der Waals surface area contributed by atoms with Crippen LogP contribution in [0.25, 0.3) is 0 Å². The van der Waals surface area contributed by atoms with Crippen molar-refractivity contribution in [1.29, 1.82) is 0 Å². The van der Waals surface area contributed by atoms with Crippen molar-refractivity contribution in [2.45, 2.75) is 25.3 Å². The number of nitrogens with zero attached hydrogens (tertiary/aromatic N) is 2. The van der Waals surface area contributed by atoms with E-state index in [1.165, 1.54) is 0 Å². The number of ether oxygens (including phenoxy) is 1. The van der Waals surface area contributed by atoms with Gasteiger partial charge < -0.3 is 10.1 Å². The van der Waals surface area contributed by atoms with E-state index in [1.54, 1.807) is 6.20 Å². The molecule has 5 nitrogen and oxygen atoms in total. The summed E-state index contributed by atoms with van der Waals surface area (Å²) in [7, 11) is 0. The minimum absolute atomic E-state index is 0.374. The molecule has 2 N–H and O–H groups in total. The number of hydrogen-bond acceptors (Lipinski definition) is 4. The van der Waals surface area contributed by atoms with Gasteiger partial charge in [0, 0.05) is 18.5 Å². The fourth-order valence-corrected chi connectivity index (χ4v) is 1.93. The maximum atomic E-state index is 5.44. The highest BCUT2D eigenvalue weighted by atomic mass is 16.5. The molecule has 14 heavy (non-hydrogen) atoms. The zero-order valence-corrected chi connectivity index (χ0v) is 8.36. The summed E-state index contributed by atoms with van der Waals surface area (Å²) in [5.41, 5.74) is 1.02. The molecule has 1 fully saturated rings. The van der Waals surface area contributed by atoms with Crippen molar-refractivity contribution in [1.82, 2.24) is 20.7 Å². The number of aromatic amines is 1. The molecule has 1 saturated heterocycles. The largest absolute Gasteiger partial charge is 0.378 e. The standard InChI is InChI=1S/C9H16N4O/c1-2-7(8-5-11-13-12-8)9-6-14-4-3-10-9/h5,7,9-10H,2-4,6H2,1H3,(H,11,12,13). The summed E-state index contributed by atoms with van der Waals surface area (Å²) < 4.78 is 5.44. The van der Waals surface area contributed by atoms with E-state index in [0.717, 1.165) is 31.9 Å². The van der Waals surface area contributed by atoms with Gasteiger partial charge in [-0.1, -0.05) is 6.92 Å². The molecule has 1 aliphatic heterocycles. The Morgan fingerprint density at radius 3 is 3.21 bits per heavy atom. The Hall–Kier alpha value is -0.940. The molecule has 2 atom stereocenters. The fraction of sp³-hybridized carbons (Fsp3) is 0.778. The van der Waals surface area contributed by atoms with E-state index in [2.05, 4.69) is 27.7 Å². The lowest BCUT2D eigenvalue weighted by atomic mass is 9.94. The summed E-state index contributed by atoms with van der Waals surface area (Å²) in [6, 6.07) is 0.374. The molecule has 0 aliphatic carbocycles. The monoisotopic (exact) mass is 196 g/mol. The second-order valence-corrected chi connectivity index (χ2v) is 3.55. The van der Waals surface area contributed by atoms with Gasteiger partial charge in [-0.05, 0) is 6.42 Å². The van der Waals surface area contributed by atoms with E-state index in [1.807, 2.05) is 0 Å². The van der Waals surface area contributed by atoms with Crippen molar-refractivity contribution in [3.8, 4) is 0 Å². The quantitative estimate of drug-likeness (QED) is 0.729. The van der Waals surface area contributed by atoms with Crippen LogP contribution in [-0.4, -0.2) is 41.2 Å². The van der Waals surface area contributed by atoms with Crippen molar-refractivity contribution in [2.75, 3.05) is 19.8 Å². The Morgan fingerprint density at radius 2 is 2.64 bits per heavy atom. The molecule has 0 spiro atoms. The normalized spacial score (nSPS) is 24.8. The molecule has 2 rings (SSSR count). The van der Waals surface area contributed by atoms with Crippen LogP contribution >= 0.6 is 0 Å². The second kappa shape index (κ2) is 4.52. The van der Waals surface area contributed by atoms with Gasteiger partial charge in [-0.15, -0.1) is 0 Å². The zero-order chi connectivity index (χ0) is 9.80. The van der Waals surface area contributed by atoms with E-state index in [9.17, 15) is 0 Å². The zero-order valence-electron chi connectivity index (χ0n) is 8.36. The number of aromatic nitrogens is 3. The Kier molecular flexibility index (Phi) is 3.10. The van der Waals surface area contributed by atoms with Crippen molar-refractivity contribution in [2.24, 2.45) is 0 Å². The maximum Gasteiger partial charge on any atom is 0.0871 e. The first-order chi connectivity index (χ1) is 6.92. The molecule has 78 valence electrons. The Balaban J connectivity index is 2.04. The predicted octanol–water partition coefficient (Wildman–Crippen LogP) is 0.287. The molecule has 0 bridgehead atoms. The average Bonchev–Trinajstić information content (AvgIpc) is 2.74. The van der Waals surface area contributed by atoms with Crippen LogP contribution in [0.15, 0.2) is 6.20 Å². The Morgan fingerprint density at radius 1 is 1.71 bits per heavy atom. The van der Waals surface area contributed by atoms with Crippen LogP contribution in [0.4, 0.5) is 0 Å². The first-order valence-electron chi connectivity index (χ1n) is 5.08. The van der Waals surface area contributed by atoms with Crippen LogP contribution in [0.3, 0.4) is 0 Å². The molecule has 1 aliphatic rings. The molecular formula is C9H16N4O. The van der Waals surface area contributed by atoms with Crippen LogP contribution in [0, 0.1) is 0 Å². The number of rotatable bonds is 3. The predicted molar refractivity (Wildman–Crippen MR) is 52.0 cm³/mol. The van der Waals surface area contributed by atoms with Crippen molar-refractivity contribution >= 4 is 0 Å². The molecule has 0 saturated carbocycles. The molecule has 5 heteroatoms. The summed E-state index contributed by atoms with van der Waals surface area (Å²) in [5.74, 6) is 0.397. The summed E-state index contributed by atoms with van der Waals surface area (Å²) >= 11 is 0. The van der Waals surface area contributed by atoms with Crippen molar-refractivity contribution in [3.63, 3.8) is 0 Å². The second-order valence-electron chi connectivity index (χ2n) is 3.55. The SMILES string of the molecule is CCC(c1cn[nH]n1)C1COCCN1. The minimum atomic E-state index is 0.374. The summed E-state index contributed by atoms with van der Waals surface area (Å²) in [6.07, 6.45) is 2.85. The summed E-state index contributed by atoms with van der Waals surface area (Å²) in [5, 5.41) is 14.1. The van der Waals surface area contributed by atoms with Gasteiger partial charge in [0.05, 0.1) is 25.1 Å². The Labute approximate surface area is 83.2 Å². The van der Waals surface area contributed by atoms with Crippen LogP contribution < -0.4 is 5.32 Å². The first-order valence-corrected chi connectivity index (χ1v) is 5.08. The average molecular weight is 196 g/mol. The van der Waals surface area contributed by atoms with E-state index in [-0.39, 0.29) is 0 Å². The molecular weight excluding hydrogens is 180 g/mol. The first kappa shape index (κ1) is 9.61. The highest BCUT2D eigenvalue weighted by molar-refractivity contribution is 5.05. The van der Waals surface area contributed by atoms with Crippen LogP contribution in [0.2, 0.25) is 0 Å². The third kappa shape index (κ3) is 1.93.